The lowest BCUT2D eigenvalue weighted by Crippen LogP contribution is -2.36. The maximum atomic E-state index is 11.1. The summed E-state index contributed by atoms with van der Waals surface area (Å²) in [5.74, 6) is 1.08. The summed E-state index contributed by atoms with van der Waals surface area (Å²) in [6, 6.07) is 5.35. The number of methoxy groups -OCH3 is 1. The Bertz CT molecular complexity index is 462. The Labute approximate surface area is 113 Å². The molecule has 5 nitrogen and oxygen atoms in total. The maximum Gasteiger partial charge on any atom is 0.220 e. The molecule has 2 unspecified atom stereocenters. The van der Waals surface area contributed by atoms with Crippen molar-refractivity contribution >= 4 is 5.91 Å². The van der Waals surface area contributed by atoms with Gasteiger partial charge in [0, 0.05) is 30.6 Å². The van der Waals surface area contributed by atoms with Crippen molar-refractivity contribution in [1.29, 1.82) is 0 Å². The summed E-state index contributed by atoms with van der Waals surface area (Å²) in [5, 5.41) is 16.1. The number of hydrogen-bond acceptors (Lipinski definition) is 4. The number of benzene rings is 1. The van der Waals surface area contributed by atoms with Gasteiger partial charge in [0.05, 0.1) is 7.11 Å². The monoisotopic (exact) mass is 264 g/mol. The molecule has 0 radical (unpaired) electrons. The lowest BCUT2D eigenvalue weighted by atomic mass is 10.1. The van der Waals surface area contributed by atoms with Crippen LogP contribution in [0.15, 0.2) is 18.2 Å². The third kappa shape index (κ3) is 3.38. The molecule has 104 valence electrons. The first-order chi connectivity index (χ1) is 9.10. The van der Waals surface area contributed by atoms with Crippen LogP contribution in [-0.4, -0.2) is 30.7 Å². The van der Waals surface area contributed by atoms with E-state index in [0.29, 0.717) is 13.0 Å². The fraction of sp³-hybridized carbons (Fsp3) is 0.500. The second-order valence-electron chi connectivity index (χ2n) is 4.86. The van der Waals surface area contributed by atoms with E-state index in [1.54, 1.807) is 19.2 Å². The van der Waals surface area contributed by atoms with Gasteiger partial charge in [-0.2, -0.15) is 0 Å². The fourth-order valence-corrected chi connectivity index (χ4v) is 2.27. The van der Waals surface area contributed by atoms with Crippen LogP contribution >= 0.6 is 0 Å². The van der Waals surface area contributed by atoms with Gasteiger partial charge >= 0.3 is 0 Å². The van der Waals surface area contributed by atoms with Crippen molar-refractivity contribution in [3.05, 3.63) is 23.8 Å². The summed E-state index contributed by atoms with van der Waals surface area (Å²) >= 11 is 0. The molecule has 0 spiro atoms. The molecule has 1 heterocycles. The molecule has 2 atom stereocenters. The molecule has 1 aliphatic heterocycles. The highest BCUT2D eigenvalue weighted by atomic mass is 16.5. The third-order valence-corrected chi connectivity index (χ3v) is 3.46. The highest BCUT2D eigenvalue weighted by Crippen LogP contribution is 2.28. The number of phenolic OH excluding ortho intramolecular Hbond substituents is 1. The molecular weight excluding hydrogens is 244 g/mol. The molecule has 5 heteroatoms. The van der Waals surface area contributed by atoms with Crippen LogP contribution in [0.25, 0.3) is 0 Å². The minimum absolute atomic E-state index is 0.00685. The number of aromatic hydroxyl groups is 1. The van der Waals surface area contributed by atoms with Crippen LogP contribution in [0.2, 0.25) is 0 Å². The van der Waals surface area contributed by atoms with Crippen molar-refractivity contribution in [3.8, 4) is 11.5 Å². The van der Waals surface area contributed by atoms with Gasteiger partial charge in [0.25, 0.3) is 0 Å². The van der Waals surface area contributed by atoms with Gasteiger partial charge < -0.3 is 20.5 Å². The first-order valence-corrected chi connectivity index (χ1v) is 6.50. The van der Waals surface area contributed by atoms with E-state index < -0.39 is 0 Å². The number of hydrogen-bond donors (Lipinski definition) is 3. The van der Waals surface area contributed by atoms with E-state index in [1.807, 2.05) is 13.0 Å². The Kier molecular flexibility index (Phi) is 4.27. The predicted octanol–water partition coefficient (Wildman–Crippen LogP) is 1.33. The van der Waals surface area contributed by atoms with E-state index in [9.17, 15) is 9.90 Å². The Hall–Kier alpha value is -1.75. The highest BCUT2D eigenvalue weighted by Gasteiger charge is 2.21. The smallest absolute Gasteiger partial charge is 0.220 e. The number of carbonyl (C=O) groups excluding carboxylic acids is 1. The minimum atomic E-state index is -0.00685. The number of rotatable bonds is 5. The molecule has 19 heavy (non-hydrogen) atoms. The number of phenols is 1. The molecule has 0 aromatic heterocycles. The van der Waals surface area contributed by atoms with Crippen LogP contribution in [0.5, 0.6) is 11.5 Å². The molecule has 0 saturated carbocycles. The van der Waals surface area contributed by atoms with Crippen molar-refractivity contribution in [2.24, 2.45) is 0 Å². The maximum absolute atomic E-state index is 11.1. The van der Waals surface area contributed by atoms with Gasteiger partial charge in [0.2, 0.25) is 5.91 Å². The Morgan fingerprint density at radius 1 is 1.58 bits per heavy atom. The summed E-state index contributed by atoms with van der Waals surface area (Å²) in [6.45, 7) is 2.68. The van der Waals surface area contributed by atoms with Crippen LogP contribution < -0.4 is 15.4 Å². The molecule has 1 saturated heterocycles. The van der Waals surface area contributed by atoms with Crippen LogP contribution in [0.3, 0.4) is 0 Å². The lowest BCUT2D eigenvalue weighted by molar-refractivity contribution is -0.119. The number of carbonyl (C=O) groups is 1. The molecule has 1 aromatic carbocycles. The van der Waals surface area contributed by atoms with E-state index >= 15 is 0 Å². The third-order valence-electron chi connectivity index (χ3n) is 3.46. The van der Waals surface area contributed by atoms with Crippen molar-refractivity contribution in [1.82, 2.24) is 10.6 Å². The first-order valence-electron chi connectivity index (χ1n) is 6.50. The number of nitrogens with one attached hydrogen (secondary N) is 2. The summed E-state index contributed by atoms with van der Waals surface area (Å²) in [4.78, 5) is 11.1. The van der Waals surface area contributed by atoms with Gasteiger partial charge in [-0.15, -0.1) is 0 Å². The highest BCUT2D eigenvalue weighted by molar-refractivity contribution is 5.78. The largest absolute Gasteiger partial charge is 0.508 e. The lowest BCUT2D eigenvalue weighted by Gasteiger charge is -2.19. The van der Waals surface area contributed by atoms with Crippen LogP contribution in [0, 0.1) is 0 Å². The number of amides is 1. The quantitative estimate of drug-likeness (QED) is 0.750. The molecule has 0 aliphatic carbocycles. The second kappa shape index (κ2) is 5.93. The van der Waals surface area contributed by atoms with Gasteiger partial charge in [-0.05, 0) is 31.5 Å². The average molecular weight is 264 g/mol. The molecule has 1 amide bonds. The van der Waals surface area contributed by atoms with Gasteiger partial charge in [0.1, 0.15) is 11.5 Å². The van der Waals surface area contributed by atoms with E-state index in [2.05, 4.69) is 10.6 Å². The Balaban J connectivity index is 1.95. The zero-order chi connectivity index (χ0) is 13.8. The first kappa shape index (κ1) is 13.7. The zero-order valence-electron chi connectivity index (χ0n) is 11.3. The standard InChI is InChI=1S/C14H20N2O3/c1-9(15-8-10-3-6-14(18)16-10)12-7-11(19-2)4-5-13(12)17/h4-5,7,9-10,15,17H,3,6,8H2,1-2H3,(H,16,18). The Morgan fingerprint density at radius 2 is 2.37 bits per heavy atom. The second-order valence-corrected chi connectivity index (χ2v) is 4.86. The van der Waals surface area contributed by atoms with Crippen molar-refractivity contribution in [2.45, 2.75) is 31.8 Å². The molecule has 3 N–H and O–H groups in total. The van der Waals surface area contributed by atoms with Gasteiger partial charge in [-0.3, -0.25) is 4.79 Å². The molecule has 0 bridgehead atoms. The fourth-order valence-electron chi connectivity index (χ4n) is 2.27. The molecule has 1 fully saturated rings. The van der Waals surface area contributed by atoms with Crippen LogP contribution in [0.1, 0.15) is 31.4 Å². The molecular formula is C14H20N2O3. The predicted molar refractivity (Wildman–Crippen MR) is 72.2 cm³/mol. The molecule has 2 rings (SSSR count). The van der Waals surface area contributed by atoms with Gasteiger partial charge in [-0.25, -0.2) is 0 Å². The SMILES string of the molecule is COc1ccc(O)c(C(C)NCC2CCC(=O)N2)c1. The van der Waals surface area contributed by atoms with E-state index in [4.69, 9.17) is 4.74 Å². The zero-order valence-corrected chi connectivity index (χ0v) is 11.3. The summed E-state index contributed by atoms with van der Waals surface area (Å²) in [5.41, 5.74) is 0.795. The van der Waals surface area contributed by atoms with Gasteiger partial charge in [-0.1, -0.05) is 0 Å². The Morgan fingerprint density at radius 3 is 3.00 bits per heavy atom. The number of ether oxygens (including phenoxy) is 1. The topological polar surface area (TPSA) is 70.6 Å². The van der Waals surface area contributed by atoms with E-state index in [1.165, 1.54) is 0 Å². The van der Waals surface area contributed by atoms with E-state index in [0.717, 1.165) is 17.7 Å². The van der Waals surface area contributed by atoms with Crippen molar-refractivity contribution in [3.63, 3.8) is 0 Å². The summed E-state index contributed by atoms with van der Waals surface area (Å²) in [6.07, 6.45) is 1.47. The normalized spacial score (nSPS) is 20.1. The average Bonchev–Trinajstić information content (AvgIpc) is 2.82. The van der Waals surface area contributed by atoms with Crippen LogP contribution in [-0.2, 0) is 4.79 Å². The van der Waals surface area contributed by atoms with E-state index in [-0.39, 0.29) is 23.7 Å². The minimum Gasteiger partial charge on any atom is -0.508 e. The summed E-state index contributed by atoms with van der Waals surface area (Å²) < 4.78 is 5.16. The van der Waals surface area contributed by atoms with Crippen LogP contribution in [0.4, 0.5) is 0 Å². The molecule has 1 aliphatic rings. The van der Waals surface area contributed by atoms with Crippen molar-refractivity contribution < 1.29 is 14.6 Å². The summed E-state index contributed by atoms with van der Waals surface area (Å²) in [7, 11) is 1.60. The molecule has 1 aromatic rings. The van der Waals surface area contributed by atoms with Gasteiger partial charge in [0.15, 0.2) is 0 Å². The van der Waals surface area contributed by atoms with Crippen molar-refractivity contribution in [2.75, 3.05) is 13.7 Å².